The van der Waals surface area contributed by atoms with Gasteiger partial charge in [0.1, 0.15) is 0 Å². The summed E-state index contributed by atoms with van der Waals surface area (Å²) >= 11 is 11.9. The third kappa shape index (κ3) is 4.90. The lowest BCUT2D eigenvalue weighted by molar-refractivity contribution is 0.125. The summed E-state index contributed by atoms with van der Waals surface area (Å²) in [5.74, 6) is 0.861. The number of hydrogen-bond donors (Lipinski definition) is 2. The number of ether oxygens (including phenoxy) is 1. The zero-order valence-corrected chi connectivity index (χ0v) is 12.1. The lowest BCUT2D eigenvalue weighted by atomic mass is 10.2. The second kappa shape index (κ2) is 7.58. The van der Waals surface area contributed by atoms with E-state index in [0.717, 1.165) is 37.6 Å². The molecule has 104 valence electrons. The summed E-state index contributed by atoms with van der Waals surface area (Å²) in [7, 11) is 0. The van der Waals surface area contributed by atoms with E-state index >= 15 is 0 Å². The van der Waals surface area contributed by atoms with Gasteiger partial charge in [-0.2, -0.15) is 0 Å². The molecule has 0 saturated carbocycles. The fraction of sp³-hybridized carbons (Fsp3) is 0.462. The van der Waals surface area contributed by atoms with E-state index < -0.39 is 0 Å². The number of nitrogens with one attached hydrogen (secondary N) is 2. The average molecular weight is 302 g/mol. The molecule has 2 N–H and O–H groups in total. The molecule has 1 aromatic rings. The highest BCUT2D eigenvalue weighted by atomic mass is 35.5. The highest BCUT2D eigenvalue weighted by Crippen LogP contribution is 2.21. The third-order valence-electron chi connectivity index (χ3n) is 2.71. The van der Waals surface area contributed by atoms with Gasteiger partial charge in [-0.3, -0.25) is 4.99 Å². The van der Waals surface area contributed by atoms with Crippen LogP contribution in [0.4, 0.5) is 0 Å². The molecule has 0 radical (unpaired) electrons. The molecular formula is C13H17Cl2N3O. The topological polar surface area (TPSA) is 45.6 Å². The number of aliphatic imine (C=N–C) groups is 1. The summed E-state index contributed by atoms with van der Waals surface area (Å²) in [6.45, 7) is 3.66. The van der Waals surface area contributed by atoms with Crippen LogP contribution in [0.25, 0.3) is 0 Å². The standard InChI is InChI=1S/C13H17Cl2N3O/c14-11-3-2-10(12(15)8-11)9-19-7-6-18-13-16-4-1-5-17-13/h2-3,8H,1,4-7,9H2,(H2,16,17,18). The van der Waals surface area contributed by atoms with Gasteiger partial charge in [0.15, 0.2) is 5.96 Å². The Morgan fingerprint density at radius 3 is 3.00 bits per heavy atom. The van der Waals surface area contributed by atoms with Gasteiger partial charge in [-0.05, 0) is 24.1 Å². The molecule has 0 atom stereocenters. The molecule has 4 nitrogen and oxygen atoms in total. The largest absolute Gasteiger partial charge is 0.375 e. The molecule has 0 aromatic heterocycles. The van der Waals surface area contributed by atoms with Crippen molar-refractivity contribution < 1.29 is 4.74 Å². The molecule has 19 heavy (non-hydrogen) atoms. The zero-order chi connectivity index (χ0) is 13.5. The summed E-state index contributed by atoms with van der Waals surface area (Å²) < 4.78 is 5.56. The van der Waals surface area contributed by atoms with Gasteiger partial charge in [0.05, 0.1) is 13.2 Å². The molecular weight excluding hydrogens is 285 g/mol. The molecule has 6 heteroatoms. The van der Waals surface area contributed by atoms with Crippen molar-refractivity contribution in [2.24, 2.45) is 4.99 Å². The number of benzene rings is 1. The summed E-state index contributed by atoms with van der Waals surface area (Å²) in [4.78, 5) is 4.31. The first-order chi connectivity index (χ1) is 9.25. The summed E-state index contributed by atoms with van der Waals surface area (Å²) in [6, 6.07) is 5.41. The molecule has 0 amide bonds. The normalized spacial score (nSPS) is 14.7. The van der Waals surface area contributed by atoms with Gasteiger partial charge in [0.25, 0.3) is 0 Å². The van der Waals surface area contributed by atoms with Crippen molar-refractivity contribution in [2.75, 3.05) is 26.2 Å². The van der Waals surface area contributed by atoms with Gasteiger partial charge in [-0.15, -0.1) is 0 Å². The van der Waals surface area contributed by atoms with Crippen molar-refractivity contribution in [2.45, 2.75) is 13.0 Å². The van der Waals surface area contributed by atoms with Crippen LogP contribution in [0.5, 0.6) is 0 Å². The van der Waals surface area contributed by atoms with E-state index in [0.29, 0.717) is 23.3 Å². The second-order valence-electron chi connectivity index (χ2n) is 4.23. The molecule has 1 aromatic carbocycles. The van der Waals surface area contributed by atoms with Crippen molar-refractivity contribution in [3.8, 4) is 0 Å². The van der Waals surface area contributed by atoms with E-state index in [1.807, 2.05) is 12.1 Å². The summed E-state index contributed by atoms with van der Waals surface area (Å²) in [5, 5.41) is 7.66. The van der Waals surface area contributed by atoms with Crippen LogP contribution < -0.4 is 10.6 Å². The minimum atomic E-state index is 0.484. The Labute approximate surface area is 123 Å². The predicted molar refractivity (Wildman–Crippen MR) is 79.0 cm³/mol. The van der Waals surface area contributed by atoms with Gasteiger partial charge in [-0.25, -0.2) is 0 Å². The van der Waals surface area contributed by atoms with Gasteiger partial charge >= 0.3 is 0 Å². The van der Waals surface area contributed by atoms with Crippen molar-refractivity contribution >= 4 is 29.2 Å². The average Bonchev–Trinajstić information content (AvgIpc) is 2.42. The first-order valence-corrected chi connectivity index (χ1v) is 7.05. The van der Waals surface area contributed by atoms with E-state index in [1.54, 1.807) is 6.07 Å². The molecule has 0 spiro atoms. The Morgan fingerprint density at radius 1 is 1.37 bits per heavy atom. The highest BCUT2D eigenvalue weighted by Gasteiger charge is 2.03. The van der Waals surface area contributed by atoms with E-state index in [1.165, 1.54) is 0 Å². The van der Waals surface area contributed by atoms with Crippen LogP contribution in [-0.2, 0) is 11.3 Å². The minimum Gasteiger partial charge on any atom is -0.375 e. The molecule has 1 aliphatic heterocycles. The van der Waals surface area contributed by atoms with E-state index in [2.05, 4.69) is 15.6 Å². The van der Waals surface area contributed by atoms with Gasteiger partial charge in [0, 0.05) is 29.7 Å². The van der Waals surface area contributed by atoms with Crippen molar-refractivity contribution in [1.82, 2.24) is 10.6 Å². The van der Waals surface area contributed by atoms with E-state index in [4.69, 9.17) is 27.9 Å². The predicted octanol–water partition coefficient (Wildman–Crippen LogP) is 2.45. The lowest BCUT2D eigenvalue weighted by Crippen LogP contribution is -2.41. The molecule has 2 rings (SSSR count). The third-order valence-corrected chi connectivity index (χ3v) is 3.30. The molecule has 1 heterocycles. The molecule has 0 aliphatic carbocycles. The first-order valence-electron chi connectivity index (χ1n) is 6.29. The minimum absolute atomic E-state index is 0.484. The number of halogens is 2. The molecule has 0 saturated heterocycles. The van der Waals surface area contributed by atoms with Crippen LogP contribution in [0.15, 0.2) is 23.2 Å². The van der Waals surface area contributed by atoms with Crippen LogP contribution in [-0.4, -0.2) is 32.2 Å². The Bertz CT molecular complexity index is 452. The van der Waals surface area contributed by atoms with Crippen LogP contribution >= 0.6 is 23.2 Å². The molecule has 0 bridgehead atoms. The lowest BCUT2D eigenvalue weighted by Gasteiger charge is -2.16. The van der Waals surface area contributed by atoms with Crippen molar-refractivity contribution in [3.05, 3.63) is 33.8 Å². The van der Waals surface area contributed by atoms with Gasteiger partial charge in [-0.1, -0.05) is 29.3 Å². The maximum atomic E-state index is 6.05. The van der Waals surface area contributed by atoms with Crippen molar-refractivity contribution in [1.29, 1.82) is 0 Å². The highest BCUT2D eigenvalue weighted by molar-refractivity contribution is 6.35. The second-order valence-corrected chi connectivity index (χ2v) is 5.07. The first kappa shape index (κ1) is 14.4. The number of guanidine groups is 1. The number of hydrogen-bond acceptors (Lipinski definition) is 4. The van der Waals surface area contributed by atoms with Crippen LogP contribution in [0.1, 0.15) is 12.0 Å². The summed E-state index contributed by atoms with van der Waals surface area (Å²) in [6.07, 6.45) is 1.09. The molecule has 1 aliphatic rings. The fourth-order valence-electron chi connectivity index (χ4n) is 1.71. The quantitative estimate of drug-likeness (QED) is 0.821. The van der Waals surface area contributed by atoms with Gasteiger partial charge < -0.3 is 15.4 Å². The SMILES string of the molecule is Clc1ccc(COCCNC2=NCCCN2)c(Cl)c1. The number of rotatable bonds is 5. The van der Waals surface area contributed by atoms with Crippen LogP contribution in [0, 0.1) is 0 Å². The number of nitrogens with zero attached hydrogens (tertiary/aromatic N) is 1. The maximum Gasteiger partial charge on any atom is 0.191 e. The Balaban J connectivity index is 1.65. The monoisotopic (exact) mass is 301 g/mol. The van der Waals surface area contributed by atoms with E-state index in [9.17, 15) is 0 Å². The van der Waals surface area contributed by atoms with Crippen molar-refractivity contribution in [3.63, 3.8) is 0 Å². The smallest absolute Gasteiger partial charge is 0.191 e. The molecule has 0 fully saturated rings. The Morgan fingerprint density at radius 2 is 2.26 bits per heavy atom. The Kier molecular flexibility index (Phi) is 5.76. The molecule has 0 unspecified atom stereocenters. The summed E-state index contributed by atoms with van der Waals surface area (Å²) in [5.41, 5.74) is 0.944. The van der Waals surface area contributed by atoms with Crippen LogP contribution in [0.3, 0.4) is 0 Å². The fourth-order valence-corrected chi connectivity index (χ4v) is 2.18. The maximum absolute atomic E-state index is 6.05. The van der Waals surface area contributed by atoms with Crippen LogP contribution in [0.2, 0.25) is 10.0 Å². The van der Waals surface area contributed by atoms with Gasteiger partial charge in [0.2, 0.25) is 0 Å². The Hall–Kier alpha value is -0.970. The zero-order valence-electron chi connectivity index (χ0n) is 10.6. The van der Waals surface area contributed by atoms with E-state index in [-0.39, 0.29) is 0 Å².